The van der Waals surface area contributed by atoms with E-state index in [1.807, 2.05) is 6.92 Å². The van der Waals surface area contributed by atoms with Gasteiger partial charge in [-0.05, 0) is 13.0 Å². The highest BCUT2D eigenvalue weighted by molar-refractivity contribution is 6.31. The van der Waals surface area contributed by atoms with E-state index in [9.17, 15) is 4.79 Å². The molecule has 154 valence electrons. The minimum atomic E-state index is -0.560. The number of carbonyl (C=O) groups is 1. The average molecular weight is 440 g/mol. The Morgan fingerprint density at radius 1 is 1.24 bits per heavy atom. The number of carbonyl (C=O) groups excluding carboxylic acids is 1. The Bertz CT molecular complexity index is 1030. The number of ether oxygens (including phenoxy) is 2. The first-order chi connectivity index (χ1) is 13.9. The molecule has 0 saturated carbocycles. The molecule has 0 spiro atoms. The molecule has 0 aliphatic rings. The minimum Gasteiger partial charge on any atom is -0.475 e. The molecule has 12 heteroatoms. The van der Waals surface area contributed by atoms with E-state index in [0.717, 1.165) is 0 Å². The van der Waals surface area contributed by atoms with Crippen molar-refractivity contribution in [2.24, 2.45) is 5.73 Å². The molecule has 0 aliphatic heterocycles. The van der Waals surface area contributed by atoms with Crippen LogP contribution >= 0.6 is 23.2 Å². The zero-order valence-corrected chi connectivity index (χ0v) is 17.2. The molecule has 0 aliphatic carbocycles. The molecular weight excluding hydrogens is 421 g/mol. The molecule has 3 rings (SSSR count). The molecule has 2 amide bonds. The fourth-order valence-corrected chi connectivity index (χ4v) is 2.92. The molecule has 0 aromatic carbocycles. The van der Waals surface area contributed by atoms with Crippen LogP contribution in [0.15, 0.2) is 24.5 Å². The molecule has 1 unspecified atom stereocenters. The van der Waals surface area contributed by atoms with Crippen LogP contribution in [0.1, 0.15) is 18.7 Å². The third kappa shape index (κ3) is 4.85. The Morgan fingerprint density at radius 3 is 2.72 bits per heavy atom. The maximum Gasteiger partial charge on any atom is 0.323 e. The lowest BCUT2D eigenvalue weighted by Gasteiger charge is -2.17. The van der Waals surface area contributed by atoms with Gasteiger partial charge in [0.1, 0.15) is 12.3 Å². The molecule has 3 heterocycles. The molecular formula is C17H19Cl2N7O3. The zero-order chi connectivity index (χ0) is 21.0. The number of fused-ring (bicyclic) bond motifs is 1. The monoisotopic (exact) mass is 439 g/mol. The predicted molar refractivity (Wildman–Crippen MR) is 110 cm³/mol. The van der Waals surface area contributed by atoms with Crippen LogP contribution in [0.5, 0.6) is 5.88 Å². The second-order valence-electron chi connectivity index (χ2n) is 5.89. The molecule has 10 nitrogen and oxygen atoms in total. The van der Waals surface area contributed by atoms with Crippen LogP contribution in [0.2, 0.25) is 10.2 Å². The van der Waals surface area contributed by atoms with Gasteiger partial charge < -0.3 is 25.8 Å². The number of nitrogens with zero attached hydrogens (tertiary/aromatic N) is 4. The van der Waals surface area contributed by atoms with Gasteiger partial charge in [-0.25, -0.2) is 19.3 Å². The van der Waals surface area contributed by atoms with E-state index in [1.54, 1.807) is 13.2 Å². The molecule has 3 aromatic rings. The third-order valence-electron chi connectivity index (χ3n) is 3.90. The molecule has 29 heavy (non-hydrogen) atoms. The number of hydrogen-bond donors (Lipinski definition) is 3. The first-order valence-electron chi connectivity index (χ1n) is 8.56. The van der Waals surface area contributed by atoms with Crippen molar-refractivity contribution >= 4 is 46.3 Å². The van der Waals surface area contributed by atoms with Crippen molar-refractivity contribution in [3.8, 4) is 5.88 Å². The van der Waals surface area contributed by atoms with Crippen LogP contribution in [0, 0.1) is 0 Å². The minimum absolute atomic E-state index is 0.202. The normalized spacial score (nSPS) is 12.0. The summed E-state index contributed by atoms with van der Waals surface area (Å²) in [5.74, 6) is 0.202. The summed E-state index contributed by atoms with van der Waals surface area (Å²) >= 11 is 12.0. The molecule has 0 saturated heterocycles. The zero-order valence-electron chi connectivity index (χ0n) is 15.6. The maximum atomic E-state index is 12.6. The average Bonchev–Trinajstić information content (AvgIpc) is 3.06. The number of aromatic nitrogens is 4. The topological polar surface area (TPSA) is 129 Å². The summed E-state index contributed by atoms with van der Waals surface area (Å²) in [7, 11) is 1.55. The van der Waals surface area contributed by atoms with Crippen molar-refractivity contribution in [3.05, 3.63) is 40.4 Å². The molecule has 0 bridgehead atoms. The van der Waals surface area contributed by atoms with Crippen molar-refractivity contribution in [1.29, 1.82) is 0 Å². The van der Waals surface area contributed by atoms with Crippen LogP contribution < -0.4 is 21.1 Å². The lowest BCUT2D eigenvalue weighted by atomic mass is 10.2. The van der Waals surface area contributed by atoms with Gasteiger partial charge in [0.15, 0.2) is 10.8 Å². The van der Waals surface area contributed by atoms with Crippen LogP contribution in [-0.4, -0.2) is 45.9 Å². The number of amides is 2. The number of halogens is 2. The number of nitrogens with two attached hydrogens (primary N) is 1. The van der Waals surface area contributed by atoms with Gasteiger partial charge in [-0.2, -0.15) is 5.10 Å². The van der Waals surface area contributed by atoms with Crippen LogP contribution in [0.4, 0.5) is 16.2 Å². The number of methoxy groups -OCH3 is 1. The quantitative estimate of drug-likeness (QED) is 0.515. The number of rotatable bonds is 7. The fourth-order valence-electron chi connectivity index (χ4n) is 2.59. The SMILES string of the molecule is COC(C)c1c(NC(=O)Nc2cc(Cl)cnc2OCCN)cnc2cc(Cl)nn12. The lowest BCUT2D eigenvalue weighted by Crippen LogP contribution is -2.23. The number of urea groups is 1. The number of nitrogens with one attached hydrogen (secondary N) is 2. The summed E-state index contributed by atoms with van der Waals surface area (Å²) in [6, 6.07) is 2.57. The van der Waals surface area contributed by atoms with Crippen molar-refractivity contribution in [2.75, 3.05) is 30.9 Å². The second kappa shape index (κ2) is 9.23. The van der Waals surface area contributed by atoms with Crippen molar-refractivity contribution in [2.45, 2.75) is 13.0 Å². The standard InChI is InChI=1S/C17H19Cl2N7O3/c1-9(28-2)15-12(8-21-14-6-13(19)25-26(14)15)24-17(27)23-11-5-10(18)7-22-16(11)29-4-3-20/h5-9H,3-4,20H2,1-2H3,(H2,23,24,27). The molecule has 0 radical (unpaired) electrons. The highest BCUT2D eigenvalue weighted by atomic mass is 35.5. The third-order valence-corrected chi connectivity index (χ3v) is 4.29. The summed E-state index contributed by atoms with van der Waals surface area (Å²) in [6.45, 7) is 2.35. The van der Waals surface area contributed by atoms with Crippen LogP contribution in [-0.2, 0) is 4.74 Å². The van der Waals surface area contributed by atoms with E-state index in [0.29, 0.717) is 34.3 Å². The Balaban J connectivity index is 1.88. The van der Waals surface area contributed by atoms with Crippen molar-refractivity contribution in [1.82, 2.24) is 19.6 Å². The first-order valence-corrected chi connectivity index (χ1v) is 9.32. The predicted octanol–water partition coefficient (Wildman–Crippen LogP) is 3.12. The van der Waals surface area contributed by atoms with E-state index in [1.165, 1.54) is 23.0 Å². The summed E-state index contributed by atoms with van der Waals surface area (Å²) in [5, 5.41) is 10.2. The van der Waals surface area contributed by atoms with E-state index in [4.69, 9.17) is 38.4 Å². The first kappa shape index (κ1) is 21.1. The van der Waals surface area contributed by atoms with Gasteiger partial charge in [-0.3, -0.25) is 0 Å². The largest absolute Gasteiger partial charge is 0.475 e. The smallest absolute Gasteiger partial charge is 0.323 e. The van der Waals surface area contributed by atoms with E-state index in [-0.39, 0.29) is 17.6 Å². The molecule has 0 fully saturated rings. The summed E-state index contributed by atoms with van der Waals surface area (Å²) in [4.78, 5) is 20.9. The van der Waals surface area contributed by atoms with Gasteiger partial charge in [0.05, 0.1) is 28.7 Å². The second-order valence-corrected chi connectivity index (χ2v) is 6.72. The van der Waals surface area contributed by atoms with Gasteiger partial charge in [0.2, 0.25) is 5.88 Å². The number of anilines is 2. The Hall–Kier alpha value is -2.66. The van der Waals surface area contributed by atoms with Gasteiger partial charge in [0, 0.05) is 25.9 Å². The van der Waals surface area contributed by atoms with Gasteiger partial charge in [-0.1, -0.05) is 23.2 Å². The Labute approximate surface area is 176 Å². The van der Waals surface area contributed by atoms with Crippen LogP contribution in [0.25, 0.3) is 5.65 Å². The molecule has 3 aromatic heterocycles. The molecule has 4 N–H and O–H groups in total. The Kier molecular flexibility index (Phi) is 6.70. The lowest BCUT2D eigenvalue weighted by molar-refractivity contribution is 0.114. The molecule has 1 atom stereocenters. The van der Waals surface area contributed by atoms with E-state index in [2.05, 4.69) is 25.7 Å². The highest BCUT2D eigenvalue weighted by Crippen LogP contribution is 2.28. The summed E-state index contributed by atoms with van der Waals surface area (Å²) in [6.07, 6.45) is 2.51. The number of pyridine rings is 1. The Morgan fingerprint density at radius 2 is 2.00 bits per heavy atom. The number of hydrogen-bond acceptors (Lipinski definition) is 7. The fraction of sp³-hybridized carbons (Fsp3) is 0.294. The highest BCUT2D eigenvalue weighted by Gasteiger charge is 2.19. The summed E-state index contributed by atoms with van der Waals surface area (Å²) < 4.78 is 12.4. The van der Waals surface area contributed by atoms with Crippen LogP contribution in [0.3, 0.4) is 0 Å². The van der Waals surface area contributed by atoms with Gasteiger partial charge in [-0.15, -0.1) is 0 Å². The van der Waals surface area contributed by atoms with E-state index >= 15 is 0 Å². The van der Waals surface area contributed by atoms with Gasteiger partial charge >= 0.3 is 6.03 Å². The van der Waals surface area contributed by atoms with Crippen molar-refractivity contribution < 1.29 is 14.3 Å². The summed E-state index contributed by atoms with van der Waals surface area (Å²) in [5.41, 5.74) is 7.23. The maximum absolute atomic E-state index is 12.6. The van der Waals surface area contributed by atoms with E-state index < -0.39 is 12.1 Å². The van der Waals surface area contributed by atoms with Gasteiger partial charge in [0.25, 0.3) is 0 Å². The van der Waals surface area contributed by atoms with Crippen molar-refractivity contribution in [3.63, 3.8) is 0 Å².